The van der Waals surface area contributed by atoms with Gasteiger partial charge in [-0.3, -0.25) is 0 Å². The van der Waals surface area contributed by atoms with E-state index in [0.717, 1.165) is 34.4 Å². The third-order valence-corrected chi connectivity index (χ3v) is 10.6. The lowest BCUT2D eigenvalue weighted by Gasteiger charge is -2.24. The van der Waals surface area contributed by atoms with Gasteiger partial charge in [-0.25, -0.2) is 0 Å². The van der Waals surface area contributed by atoms with Crippen LogP contribution < -0.4 is 38.5 Å². The zero-order valence-corrected chi connectivity index (χ0v) is 32.5. The maximum absolute atomic E-state index is 11.2. The van der Waals surface area contributed by atoms with E-state index in [1.807, 2.05) is 62.4 Å². The lowest BCUT2D eigenvalue weighted by atomic mass is 9.85. The standard InChI is InChI=1S/C43H55NO9/c1-11-28-20-31(14-16-33(28)47-6)42(45)26(4)52-35-18-12-29(21-38(35)50-9)40-24(2)25(3)41(44-40)30-13-19-36(39(22-30)51-10)53-27(5)43(46)32-15-17-34(48-7)37(23-32)49-8/h12-27,40-46H,11H2,1-10H3. The Morgan fingerprint density at radius 3 is 1.36 bits per heavy atom. The highest BCUT2D eigenvalue weighted by atomic mass is 16.5. The normalized spacial score (nSPS) is 20.5. The average Bonchev–Trinajstić information content (AvgIpc) is 3.49. The Kier molecular flexibility index (Phi) is 13.0. The number of methoxy groups -OCH3 is 5. The van der Waals surface area contributed by atoms with E-state index in [-0.39, 0.29) is 18.0 Å². The Hall–Kier alpha value is -4.64. The first-order chi connectivity index (χ1) is 25.5. The quantitative estimate of drug-likeness (QED) is 0.105. The molecule has 1 aliphatic rings. The van der Waals surface area contributed by atoms with E-state index in [4.69, 9.17) is 33.2 Å². The SMILES string of the molecule is CCc1cc(C(O)C(C)Oc2ccc(C3NC(c4ccc(OC(C)C(O)c5ccc(OC)c(OC)c5)c(OC)c4)C(C)C3C)cc2OC)ccc1OC. The summed E-state index contributed by atoms with van der Waals surface area (Å²) in [6.07, 6.45) is -2.07. The first kappa shape index (κ1) is 39.6. The third kappa shape index (κ3) is 8.45. The van der Waals surface area contributed by atoms with Crippen LogP contribution in [0.15, 0.2) is 72.8 Å². The van der Waals surface area contributed by atoms with Crippen molar-refractivity contribution in [1.82, 2.24) is 5.32 Å². The molecular formula is C43H55NO9. The molecule has 1 fully saturated rings. The fraction of sp³-hybridized carbons (Fsp3) is 0.442. The number of nitrogens with one attached hydrogen (secondary N) is 1. The van der Waals surface area contributed by atoms with Crippen molar-refractivity contribution in [3.05, 3.63) is 101 Å². The van der Waals surface area contributed by atoms with Gasteiger partial charge in [0.1, 0.15) is 30.2 Å². The van der Waals surface area contributed by atoms with Gasteiger partial charge in [0.25, 0.3) is 0 Å². The summed E-state index contributed by atoms with van der Waals surface area (Å²) in [7, 11) is 8.04. The third-order valence-electron chi connectivity index (χ3n) is 10.6. The number of aliphatic hydroxyl groups excluding tert-OH is 2. The molecule has 8 unspecified atom stereocenters. The Morgan fingerprint density at radius 1 is 0.528 bits per heavy atom. The molecule has 0 bridgehead atoms. The summed E-state index contributed by atoms with van der Waals surface area (Å²) in [5, 5.41) is 26.2. The fourth-order valence-corrected chi connectivity index (χ4v) is 7.22. The van der Waals surface area contributed by atoms with Crippen molar-refractivity contribution in [2.24, 2.45) is 11.8 Å². The average molecular weight is 730 g/mol. The van der Waals surface area contributed by atoms with Gasteiger partial charge in [0.05, 0.1) is 35.5 Å². The van der Waals surface area contributed by atoms with Crippen LogP contribution in [0.25, 0.3) is 0 Å². The van der Waals surface area contributed by atoms with Crippen LogP contribution in [0.2, 0.25) is 0 Å². The van der Waals surface area contributed by atoms with Crippen molar-refractivity contribution in [3.8, 4) is 40.2 Å². The number of hydrogen-bond donors (Lipinski definition) is 3. The van der Waals surface area contributed by atoms with Gasteiger partial charge in [0, 0.05) is 12.1 Å². The highest BCUT2D eigenvalue weighted by molar-refractivity contribution is 5.48. The number of rotatable bonds is 16. The van der Waals surface area contributed by atoms with Crippen LogP contribution >= 0.6 is 0 Å². The van der Waals surface area contributed by atoms with Crippen molar-refractivity contribution < 1.29 is 43.4 Å². The minimum absolute atomic E-state index is 0.0438. The molecule has 0 spiro atoms. The molecule has 0 aliphatic carbocycles. The van der Waals surface area contributed by atoms with Crippen molar-refractivity contribution in [3.63, 3.8) is 0 Å². The Labute approximate surface area is 313 Å². The number of hydrogen-bond acceptors (Lipinski definition) is 10. The topological polar surface area (TPSA) is 117 Å². The number of aliphatic hydroxyl groups is 2. The Balaban J connectivity index is 1.29. The fourth-order valence-electron chi connectivity index (χ4n) is 7.22. The molecule has 0 amide bonds. The zero-order chi connectivity index (χ0) is 38.4. The molecule has 286 valence electrons. The maximum Gasteiger partial charge on any atom is 0.161 e. The van der Waals surface area contributed by atoms with Gasteiger partial charge in [0.2, 0.25) is 0 Å². The van der Waals surface area contributed by atoms with Crippen LogP contribution in [-0.4, -0.2) is 58.0 Å². The summed E-state index contributed by atoms with van der Waals surface area (Å²) in [5.41, 5.74) is 4.61. The first-order valence-electron chi connectivity index (χ1n) is 18.2. The van der Waals surface area contributed by atoms with E-state index in [1.54, 1.807) is 53.7 Å². The number of aryl methyl sites for hydroxylation is 1. The highest BCUT2D eigenvalue weighted by Crippen LogP contribution is 2.47. The summed E-state index contributed by atoms with van der Waals surface area (Å²) in [6, 6.07) is 23.1. The van der Waals surface area contributed by atoms with Crippen molar-refractivity contribution >= 4 is 0 Å². The summed E-state index contributed by atoms with van der Waals surface area (Å²) in [5.74, 6) is 4.79. The smallest absolute Gasteiger partial charge is 0.161 e. The largest absolute Gasteiger partial charge is 0.496 e. The van der Waals surface area contributed by atoms with Gasteiger partial charge in [0.15, 0.2) is 34.5 Å². The molecule has 5 rings (SSSR count). The summed E-state index contributed by atoms with van der Waals surface area (Å²) >= 11 is 0. The number of ether oxygens (including phenoxy) is 7. The molecule has 4 aromatic rings. The lowest BCUT2D eigenvalue weighted by molar-refractivity contribution is 0.0449. The molecule has 53 heavy (non-hydrogen) atoms. The van der Waals surface area contributed by atoms with E-state index in [9.17, 15) is 10.2 Å². The van der Waals surface area contributed by atoms with Crippen LogP contribution in [0, 0.1) is 11.8 Å². The van der Waals surface area contributed by atoms with E-state index < -0.39 is 24.4 Å². The van der Waals surface area contributed by atoms with Crippen molar-refractivity contribution in [1.29, 1.82) is 0 Å². The van der Waals surface area contributed by atoms with E-state index >= 15 is 0 Å². The predicted molar refractivity (Wildman–Crippen MR) is 205 cm³/mol. The molecule has 8 atom stereocenters. The van der Waals surface area contributed by atoms with E-state index in [2.05, 4.69) is 32.2 Å². The summed E-state index contributed by atoms with van der Waals surface area (Å²) in [4.78, 5) is 0. The lowest BCUT2D eigenvalue weighted by Crippen LogP contribution is -2.23. The van der Waals surface area contributed by atoms with Crippen LogP contribution in [0.5, 0.6) is 40.2 Å². The highest BCUT2D eigenvalue weighted by Gasteiger charge is 2.39. The first-order valence-corrected chi connectivity index (χ1v) is 18.2. The van der Waals surface area contributed by atoms with Crippen LogP contribution in [0.3, 0.4) is 0 Å². The van der Waals surface area contributed by atoms with Gasteiger partial charge in [-0.1, -0.05) is 45.0 Å². The van der Waals surface area contributed by atoms with Gasteiger partial charge in [-0.05, 0) is 108 Å². The minimum atomic E-state index is -0.915. The zero-order valence-electron chi connectivity index (χ0n) is 32.5. The molecule has 10 nitrogen and oxygen atoms in total. The van der Waals surface area contributed by atoms with Crippen molar-refractivity contribution in [2.45, 2.75) is 77.5 Å². The molecule has 1 saturated heterocycles. The molecular weight excluding hydrogens is 674 g/mol. The predicted octanol–water partition coefficient (Wildman–Crippen LogP) is 7.95. The molecule has 1 aliphatic heterocycles. The second-order valence-corrected chi connectivity index (χ2v) is 13.7. The summed E-state index contributed by atoms with van der Waals surface area (Å²) < 4.78 is 40.3. The summed E-state index contributed by atoms with van der Waals surface area (Å²) in [6.45, 7) is 10.2. The van der Waals surface area contributed by atoms with E-state index in [1.165, 1.54) is 0 Å². The number of benzene rings is 4. The minimum Gasteiger partial charge on any atom is -0.496 e. The van der Waals surface area contributed by atoms with Crippen molar-refractivity contribution in [2.75, 3.05) is 35.5 Å². The Bertz CT molecular complexity index is 1700. The second kappa shape index (κ2) is 17.5. The van der Waals surface area contributed by atoms with Crippen LogP contribution in [-0.2, 0) is 6.42 Å². The molecule has 10 heteroatoms. The van der Waals surface area contributed by atoms with Crippen LogP contribution in [0.1, 0.15) is 86.7 Å². The monoisotopic (exact) mass is 729 g/mol. The maximum atomic E-state index is 11.2. The van der Waals surface area contributed by atoms with Gasteiger partial charge >= 0.3 is 0 Å². The van der Waals surface area contributed by atoms with Crippen LogP contribution in [0.4, 0.5) is 0 Å². The second-order valence-electron chi connectivity index (χ2n) is 13.7. The van der Waals surface area contributed by atoms with E-state index in [0.29, 0.717) is 46.0 Å². The molecule has 0 radical (unpaired) electrons. The molecule has 1 heterocycles. The van der Waals surface area contributed by atoms with Gasteiger partial charge < -0.3 is 48.7 Å². The Morgan fingerprint density at radius 2 is 0.925 bits per heavy atom. The van der Waals surface area contributed by atoms with Gasteiger partial charge in [-0.2, -0.15) is 0 Å². The molecule has 3 N–H and O–H groups in total. The molecule has 0 aromatic heterocycles. The molecule has 4 aromatic carbocycles. The van der Waals surface area contributed by atoms with Gasteiger partial charge in [-0.15, -0.1) is 0 Å². The molecule has 0 saturated carbocycles.